The van der Waals surface area contributed by atoms with Gasteiger partial charge in [0.2, 0.25) is 0 Å². The van der Waals surface area contributed by atoms with E-state index in [2.05, 4.69) is 31.1 Å². The first kappa shape index (κ1) is 13.5. The molecule has 0 aliphatic heterocycles. The minimum absolute atomic E-state index is 0.0359. The summed E-state index contributed by atoms with van der Waals surface area (Å²) in [6.07, 6.45) is 1.61. The van der Waals surface area contributed by atoms with Crippen molar-refractivity contribution in [3.63, 3.8) is 0 Å². The molecule has 0 saturated carbocycles. The molecule has 1 aromatic rings. The van der Waals surface area contributed by atoms with Gasteiger partial charge in [-0.25, -0.2) is 0 Å². The molecular weight excluding hydrogens is 224 g/mol. The standard InChI is InChI=1S/C15H18OSi/c1-13(16)12-15(10-11-17(2,3)4)14-8-6-5-7-9-14/h5-9,12H,1-4H3/b15-12+. The van der Waals surface area contributed by atoms with Crippen LogP contribution in [-0.2, 0) is 4.79 Å². The molecule has 1 aromatic carbocycles. The molecule has 0 fully saturated rings. The second-order valence-corrected chi connectivity index (χ2v) is 9.78. The maximum Gasteiger partial charge on any atom is 0.153 e. The van der Waals surface area contributed by atoms with Gasteiger partial charge in [-0.05, 0) is 18.6 Å². The quantitative estimate of drug-likeness (QED) is 0.440. The van der Waals surface area contributed by atoms with Gasteiger partial charge in [-0.15, -0.1) is 5.54 Å². The Labute approximate surface area is 105 Å². The number of hydrogen-bond acceptors (Lipinski definition) is 1. The molecule has 0 atom stereocenters. The lowest BCUT2D eigenvalue weighted by atomic mass is 10.1. The van der Waals surface area contributed by atoms with Crippen molar-refractivity contribution < 1.29 is 4.79 Å². The number of rotatable bonds is 2. The zero-order chi connectivity index (χ0) is 12.9. The summed E-state index contributed by atoms with van der Waals surface area (Å²) in [4.78, 5) is 11.2. The summed E-state index contributed by atoms with van der Waals surface area (Å²) in [7, 11) is -1.42. The molecule has 17 heavy (non-hydrogen) atoms. The normalized spacial score (nSPS) is 11.6. The summed E-state index contributed by atoms with van der Waals surface area (Å²) in [5.74, 6) is 3.20. The molecule has 0 N–H and O–H groups in total. The fourth-order valence-electron chi connectivity index (χ4n) is 1.27. The van der Waals surface area contributed by atoms with E-state index >= 15 is 0 Å². The van der Waals surface area contributed by atoms with E-state index in [1.54, 1.807) is 13.0 Å². The van der Waals surface area contributed by atoms with Crippen LogP contribution in [0, 0.1) is 11.5 Å². The fraction of sp³-hybridized carbons (Fsp3) is 0.267. The average Bonchev–Trinajstić information content (AvgIpc) is 2.24. The van der Waals surface area contributed by atoms with Crippen LogP contribution in [0.3, 0.4) is 0 Å². The molecule has 0 radical (unpaired) electrons. The van der Waals surface area contributed by atoms with Crippen LogP contribution in [0.4, 0.5) is 0 Å². The molecule has 0 heterocycles. The van der Waals surface area contributed by atoms with Crippen LogP contribution in [0.15, 0.2) is 36.4 Å². The van der Waals surface area contributed by atoms with Crippen molar-refractivity contribution >= 4 is 19.4 Å². The SMILES string of the molecule is CC(=O)/C=C(\C#C[Si](C)(C)C)c1ccccc1. The van der Waals surface area contributed by atoms with Gasteiger partial charge in [-0.3, -0.25) is 4.79 Å². The monoisotopic (exact) mass is 242 g/mol. The fourth-order valence-corrected chi connectivity index (χ4v) is 1.78. The van der Waals surface area contributed by atoms with Gasteiger partial charge in [0, 0.05) is 5.57 Å². The highest BCUT2D eigenvalue weighted by Crippen LogP contribution is 2.13. The third-order valence-corrected chi connectivity index (χ3v) is 2.88. The van der Waals surface area contributed by atoms with Gasteiger partial charge in [0.15, 0.2) is 5.78 Å². The molecule has 0 amide bonds. The van der Waals surface area contributed by atoms with Gasteiger partial charge in [-0.1, -0.05) is 55.9 Å². The van der Waals surface area contributed by atoms with E-state index in [4.69, 9.17) is 0 Å². The Bertz CT molecular complexity index is 481. The van der Waals surface area contributed by atoms with Crippen LogP contribution in [0.1, 0.15) is 12.5 Å². The van der Waals surface area contributed by atoms with Crippen molar-refractivity contribution in [3.05, 3.63) is 42.0 Å². The average molecular weight is 242 g/mol. The van der Waals surface area contributed by atoms with E-state index in [0.717, 1.165) is 11.1 Å². The Balaban J connectivity index is 3.15. The van der Waals surface area contributed by atoms with Gasteiger partial charge >= 0.3 is 0 Å². The van der Waals surface area contributed by atoms with Gasteiger partial charge in [0.1, 0.15) is 8.07 Å². The smallest absolute Gasteiger partial charge is 0.153 e. The molecule has 0 aliphatic carbocycles. The first-order valence-corrected chi connectivity index (χ1v) is 9.19. The molecule has 0 saturated heterocycles. The van der Waals surface area contributed by atoms with Crippen molar-refractivity contribution in [2.45, 2.75) is 26.6 Å². The van der Waals surface area contributed by atoms with E-state index in [1.165, 1.54) is 0 Å². The molecule has 1 rings (SSSR count). The van der Waals surface area contributed by atoms with Crippen molar-refractivity contribution in [1.29, 1.82) is 0 Å². The Morgan fingerprint density at radius 3 is 2.24 bits per heavy atom. The number of carbonyl (C=O) groups excluding carboxylic acids is 1. The zero-order valence-corrected chi connectivity index (χ0v) is 11.9. The molecule has 0 spiro atoms. The maximum absolute atomic E-state index is 11.2. The molecule has 0 aliphatic rings. The van der Waals surface area contributed by atoms with E-state index in [0.29, 0.717) is 0 Å². The maximum atomic E-state index is 11.2. The summed E-state index contributed by atoms with van der Waals surface area (Å²) >= 11 is 0. The number of carbonyl (C=O) groups is 1. The summed E-state index contributed by atoms with van der Waals surface area (Å²) in [5, 5.41) is 0. The largest absolute Gasteiger partial charge is 0.295 e. The number of ketones is 1. The third-order valence-electron chi connectivity index (χ3n) is 2.00. The molecule has 88 valence electrons. The van der Waals surface area contributed by atoms with Crippen LogP contribution in [0.5, 0.6) is 0 Å². The lowest BCUT2D eigenvalue weighted by Crippen LogP contribution is -2.16. The second kappa shape index (κ2) is 5.65. The van der Waals surface area contributed by atoms with Crippen LogP contribution in [0.2, 0.25) is 19.6 Å². The van der Waals surface area contributed by atoms with E-state index in [1.807, 2.05) is 30.3 Å². The van der Waals surface area contributed by atoms with Crippen molar-refractivity contribution in [1.82, 2.24) is 0 Å². The van der Waals surface area contributed by atoms with Gasteiger partial charge in [-0.2, -0.15) is 0 Å². The summed E-state index contributed by atoms with van der Waals surface area (Å²) in [6.45, 7) is 8.13. The van der Waals surface area contributed by atoms with Crippen molar-refractivity contribution in [2.24, 2.45) is 0 Å². The van der Waals surface area contributed by atoms with E-state index in [9.17, 15) is 4.79 Å². The van der Waals surface area contributed by atoms with Crippen molar-refractivity contribution in [3.8, 4) is 11.5 Å². The molecule has 2 heteroatoms. The van der Waals surface area contributed by atoms with Gasteiger partial charge in [0.05, 0.1) is 0 Å². The first-order chi connectivity index (χ1) is 7.88. The molecular formula is C15H18OSi. The predicted molar refractivity (Wildman–Crippen MR) is 76.2 cm³/mol. The van der Waals surface area contributed by atoms with Crippen LogP contribution < -0.4 is 0 Å². The van der Waals surface area contributed by atoms with Crippen LogP contribution in [0.25, 0.3) is 5.57 Å². The molecule has 0 unspecified atom stereocenters. The minimum atomic E-state index is -1.42. The Morgan fingerprint density at radius 2 is 1.76 bits per heavy atom. The third kappa shape index (κ3) is 5.33. The number of allylic oxidation sites excluding steroid dienone is 2. The number of benzene rings is 1. The lowest BCUT2D eigenvalue weighted by Gasteiger charge is -2.05. The number of hydrogen-bond donors (Lipinski definition) is 0. The Hall–Kier alpha value is -1.59. The summed E-state index contributed by atoms with van der Waals surface area (Å²) in [6, 6.07) is 9.83. The first-order valence-electron chi connectivity index (χ1n) is 5.69. The van der Waals surface area contributed by atoms with Crippen LogP contribution in [-0.4, -0.2) is 13.9 Å². The summed E-state index contributed by atoms with van der Waals surface area (Å²) < 4.78 is 0. The van der Waals surface area contributed by atoms with Gasteiger partial charge < -0.3 is 0 Å². The van der Waals surface area contributed by atoms with Crippen LogP contribution >= 0.6 is 0 Å². The Morgan fingerprint density at radius 1 is 1.18 bits per heavy atom. The van der Waals surface area contributed by atoms with Crippen molar-refractivity contribution in [2.75, 3.05) is 0 Å². The van der Waals surface area contributed by atoms with Gasteiger partial charge in [0.25, 0.3) is 0 Å². The highest BCUT2D eigenvalue weighted by molar-refractivity contribution is 6.84. The molecule has 0 bridgehead atoms. The lowest BCUT2D eigenvalue weighted by molar-refractivity contribution is -0.112. The minimum Gasteiger partial charge on any atom is -0.295 e. The van der Waals surface area contributed by atoms with E-state index < -0.39 is 8.07 Å². The predicted octanol–water partition coefficient (Wildman–Crippen LogP) is 3.54. The highest BCUT2D eigenvalue weighted by atomic mass is 28.3. The second-order valence-electron chi connectivity index (χ2n) is 5.03. The molecule has 1 nitrogen and oxygen atoms in total. The Kier molecular flexibility index (Phi) is 4.48. The highest BCUT2D eigenvalue weighted by Gasteiger charge is 2.08. The summed E-state index contributed by atoms with van der Waals surface area (Å²) in [5.41, 5.74) is 5.12. The zero-order valence-electron chi connectivity index (χ0n) is 10.9. The molecule has 0 aromatic heterocycles. The topological polar surface area (TPSA) is 17.1 Å². The van der Waals surface area contributed by atoms with E-state index in [-0.39, 0.29) is 5.78 Å².